The van der Waals surface area contributed by atoms with Crippen molar-refractivity contribution in [1.29, 1.82) is 0 Å². The lowest BCUT2D eigenvalue weighted by Crippen LogP contribution is -2.08. The number of hydrogen-bond acceptors (Lipinski definition) is 4. The van der Waals surface area contributed by atoms with Crippen LogP contribution in [0.25, 0.3) is 0 Å². The first-order valence-electron chi connectivity index (χ1n) is 4.29. The summed E-state index contributed by atoms with van der Waals surface area (Å²) in [6.45, 7) is 1.84. The Balaban J connectivity index is 2.74. The lowest BCUT2D eigenvalue weighted by Gasteiger charge is -2.08. The normalized spacial score (nSPS) is 12.6. The first kappa shape index (κ1) is 10.7. The lowest BCUT2D eigenvalue weighted by atomic mass is 10.1. The van der Waals surface area contributed by atoms with E-state index >= 15 is 0 Å². The molecule has 0 saturated carbocycles. The molecule has 0 unspecified atom stereocenters. The van der Waals surface area contributed by atoms with Gasteiger partial charge in [0, 0.05) is 18.3 Å². The van der Waals surface area contributed by atoms with Crippen molar-refractivity contribution in [1.82, 2.24) is 9.78 Å². The molecule has 5 nitrogen and oxygen atoms in total. The van der Waals surface area contributed by atoms with Crippen LogP contribution in [0, 0.1) is 6.92 Å². The van der Waals surface area contributed by atoms with Crippen LogP contribution in [0.2, 0.25) is 0 Å². The van der Waals surface area contributed by atoms with Gasteiger partial charge in [0.1, 0.15) is 0 Å². The predicted molar refractivity (Wildman–Crippen MR) is 49.5 cm³/mol. The Morgan fingerprint density at radius 3 is 2.86 bits per heavy atom. The third kappa shape index (κ3) is 2.11. The maximum absolute atomic E-state index is 10.9. The van der Waals surface area contributed by atoms with Crippen molar-refractivity contribution in [2.45, 2.75) is 19.4 Å². The number of hydrogen-bond donors (Lipinski definition) is 1. The Morgan fingerprint density at radius 1 is 1.79 bits per heavy atom. The molecule has 1 aromatic heterocycles. The SMILES string of the molecule is COC(=O)C[C@@H](O)c1cnn(C)c1C. The minimum atomic E-state index is -0.837. The number of aryl methyl sites for hydroxylation is 1. The average Bonchev–Trinajstić information content (AvgIpc) is 2.47. The summed E-state index contributed by atoms with van der Waals surface area (Å²) in [7, 11) is 3.08. The van der Waals surface area contributed by atoms with Crippen LogP contribution >= 0.6 is 0 Å². The van der Waals surface area contributed by atoms with Gasteiger partial charge in [-0.05, 0) is 6.92 Å². The van der Waals surface area contributed by atoms with E-state index in [1.165, 1.54) is 7.11 Å². The molecule has 0 saturated heterocycles. The van der Waals surface area contributed by atoms with Gasteiger partial charge in [0.25, 0.3) is 0 Å². The van der Waals surface area contributed by atoms with Gasteiger partial charge in [-0.3, -0.25) is 9.48 Å². The maximum atomic E-state index is 10.9. The van der Waals surface area contributed by atoms with Crippen LogP contribution in [0.1, 0.15) is 23.8 Å². The molecule has 0 amide bonds. The fourth-order valence-electron chi connectivity index (χ4n) is 1.19. The van der Waals surface area contributed by atoms with Crippen molar-refractivity contribution in [3.8, 4) is 0 Å². The Hall–Kier alpha value is -1.36. The van der Waals surface area contributed by atoms with Crippen LogP contribution in [0.3, 0.4) is 0 Å². The highest BCUT2D eigenvalue weighted by molar-refractivity contribution is 5.70. The highest BCUT2D eigenvalue weighted by Gasteiger charge is 2.17. The molecule has 5 heteroatoms. The van der Waals surface area contributed by atoms with Gasteiger partial charge in [-0.1, -0.05) is 0 Å². The second kappa shape index (κ2) is 4.23. The minimum Gasteiger partial charge on any atom is -0.469 e. The molecule has 1 aromatic rings. The van der Waals surface area contributed by atoms with Crippen molar-refractivity contribution >= 4 is 5.97 Å². The number of carbonyl (C=O) groups is 1. The summed E-state index contributed by atoms with van der Waals surface area (Å²) in [5, 5.41) is 13.6. The molecule has 1 N–H and O–H groups in total. The summed E-state index contributed by atoms with van der Waals surface area (Å²) in [6, 6.07) is 0. The summed E-state index contributed by atoms with van der Waals surface area (Å²) >= 11 is 0. The van der Waals surface area contributed by atoms with Crippen LogP contribution < -0.4 is 0 Å². The van der Waals surface area contributed by atoms with E-state index in [-0.39, 0.29) is 6.42 Å². The number of aromatic nitrogens is 2. The number of aliphatic hydroxyl groups excluding tert-OH is 1. The van der Waals surface area contributed by atoms with E-state index in [1.807, 2.05) is 6.92 Å². The van der Waals surface area contributed by atoms with Gasteiger partial charge in [0.05, 0.1) is 25.8 Å². The Bertz CT molecular complexity index is 333. The zero-order chi connectivity index (χ0) is 10.7. The monoisotopic (exact) mass is 198 g/mol. The summed E-state index contributed by atoms with van der Waals surface area (Å²) in [5.74, 6) is -0.430. The van der Waals surface area contributed by atoms with E-state index in [0.717, 1.165) is 5.69 Å². The summed E-state index contributed by atoms with van der Waals surface area (Å²) < 4.78 is 6.11. The van der Waals surface area contributed by atoms with E-state index in [2.05, 4.69) is 9.84 Å². The van der Waals surface area contributed by atoms with E-state index in [0.29, 0.717) is 5.56 Å². The van der Waals surface area contributed by atoms with E-state index in [4.69, 9.17) is 0 Å². The smallest absolute Gasteiger partial charge is 0.308 e. The third-order valence-corrected chi connectivity index (χ3v) is 2.22. The average molecular weight is 198 g/mol. The first-order chi connectivity index (χ1) is 6.56. The van der Waals surface area contributed by atoms with Gasteiger partial charge >= 0.3 is 5.97 Å². The summed E-state index contributed by atoms with van der Waals surface area (Å²) in [6.07, 6.45) is 0.683. The molecular formula is C9H14N2O3. The number of rotatable bonds is 3. The zero-order valence-corrected chi connectivity index (χ0v) is 8.52. The van der Waals surface area contributed by atoms with Crippen molar-refractivity contribution in [3.05, 3.63) is 17.5 Å². The molecule has 0 aliphatic heterocycles. The fourth-order valence-corrected chi connectivity index (χ4v) is 1.19. The van der Waals surface area contributed by atoms with Crippen LogP contribution in [0.4, 0.5) is 0 Å². The third-order valence-electron chi connectivity index (χ3n) is 2.22. The molecule has 0 aliphatic carbocycles. The minimum absolute atomic E-state index is 0.0387. The number of methoxy groups -OCH3 is 1. The van der Waals surface area contributed by atoms with Crippen LogP contribution in [0.5, 0.6) is 0 Å². The van der Waals surface area contributed by atoms with Crippen molar-refractivity contribution in [3.63, 3.8) is 0 Å². The van der Waals surface area contributed by atoms with Crippen LogP contribution in [0.15, 0.2) is 6.20 Å². The molecule has 1 heterocycles. The molecule has 14 heavy (non-hydrogen) atoms. The van der Waals surface area contributed by atoms with Crippen LogP contribution in [-0.2, 0) is 16.6 Å². The lowest BCUT2D eigenvalue weighted by molar-refractivity contribution is -0.142. The van der Waals surface area contributed by atoms with Crippen molar-refractivity contribution in [2.75, 3.05) is 7.11 Å². The van der Waals surface area contributed by atoms with Crippen LogP contribution in [-0.4, -0.2) is 28.0 Å². The molecular weight excluding hydrogens is 184 g/mol. The molecule has 0 bridgehead atoms. The molecule has 1 atom stereocenters. The Morgan fingerprint density at radius 2 is 2.43 bits per heavy atom. The largest absolute Gasteiger partial charge is 0.469 e. The molecule has 0 aliphatic rings. The molecule has 0 fully saturated rings. The van der Waals surface area contributed by atoms with Gasteiger partial charge < -0.3 is 9.84 Å². The van der Waals surface area contributed by atoms with E-state index < -0.39 is 12.1 Å². The number of ether oxygens (including phenoxy) is 1. The van der Waals surface area contributed by atoms with Gasteiger partial charge in [-0.2, -0.15) is 5.10 Å². The number of esters is 1. The Kier molecular flexibility index (Phi) is 3.24. The summed E-state index contributed by atoms with van der Waals surface area (Å²) in [5.41, 5.74) is 1.51. The molecule has 0 radical (unpaired) electrons. The van der Waals surface area contributed by atoms with Gasteiger partial charge in [-0.25, -0.2) is 0 Å². The van der Waals surface area contributed by atoms with E-state index in [1.54, 1.807) is 17.9 Å². The van der Waals surface area contributed by atoms with Crippen molar-refractivity contribution < 1.29 is 14.6 Å². The van der Waals surface area contributed by atoms with Crippen molar-refractivity contribution in [2.24, 2.45) is 7.05 Å². The number of carbonyl (C=O) groups excluding carboxylic acids is 1. The molecule has 78 valence electrons. The first-order valence-corrected chi connectivity index (χ1v) is 4.29. The maximum Gasteiger partial charge on any atom is 0.308 e. The topological polar surface area (TPSA) is 64.3 Å². The predicted octanol–water partition coefficient (Wildman–Crippen LogP) is 0.325. The van der Waals surface area contributed by atoms with Gasteiger partial charge in [0.15, 0.2) is 0 Å². The van der Waals surface area contributed by atoms with E-state index in [9.17, 15) is 9.90 Å². The number of aliphatic hydroxyl groups is 1. The summed E-state index contributed by atoms with van der Waals surface area (Å²) in [4.78, 5) is 10.9. The molecule has 0 aromatic carbocycles. The standard InChI is InChI=1S/C9H14N2O3/c1-6-7(5-10-11(6)2)8(12)4-9(13)14-3/h5,8,12H,4H2,1-3H3/t8-/m1/s1. The molecule has 1 rings (SSSR count). The highest BCUT2D eigenvalue weighted by atomic mass is 16.5. The fraction of sp³-hybridized carbons (Fsp3) is 0.556. The second-order valence-electron chi connectivity index (χ2n) is 3.10. The van der Waals surface area contributed by atoms with Gasteiger partial charge in [0.2, 0.25) is 0 Å². The second-order valence-corrected chi connectivity index (χ2v) is 3.10. The quantitative estimate of drug-likeness (QED) is 0.710. The zero-order valence-electron chi connectivity index (χ0n) is 8.52. The van der Waals surface area contributed by atoms with Gasteiger partial charge in [-0.15, -0.1) is 0 Å². The molecule has 0 spiro atoms. The Labute approximate surface area is 82.3 Å². The number of nitrogens with zero attached hydrogens (tertiary/aromatic N) is 2. The highest BCUT2D eigenvalue weighted by Crippen LogP contribution is 2.19.